The van der Waals surface area contributed by atoms with Crippen LogP contribution in [-0.4, -0.2) is 37.4 Å². The second-order valence-corrected chi connectivity index (χ2v) is 3.30. The Morgan fingerprint density at radius 3 is 2.60 bits per heavy atom. The molecule has 0 amide bonds. The molecule has 2 atom stereocenters. The third-order valence-corrected chi connectivity index (χ3v) is 2.42. The summed E-state index contributed by atoms with van der Waals surface area (Å²) in [5, 5.41) is 9.64. The zero-order valence-corrected chi connectivity index (χ0v) is 8.73. The molecule has 0 fully saturated rings. The van der Waals surface area contributed by atoms with Crippen molar-refractivity contribution in [3.63, 3.8) is 0 Å². The first-order chi connectivity index (χ1) is 7.11. The van der Waals surface area contributed by atoms with Crippen LogP contribution in [0.1, 0.15) is 12.8 Å². The van der Waals surface area contributed by atoms with Gasteiger partial charge in [0.05, 0.1) is 25.9 Å². The second-order valence-electron chi connectivity index (χ2n) is 3.30. The molecule has 0 radical (unpaired) electrons. The smallest absolute Gasteiger partial charge is 0.334 e. The van der Waals surface area contributed by atoms with Gasteiger partial charge in [0.1, 0.15) is 5.92 Å². The van der Waals surface area contributed by atoms with Crippen LogP contribution >= 0.6 is 0 Å². The highest BCUT2D eigenvalue weighted by Gasteiger charge is 2.37. The zero-order chi connectivity index (χ0) is 11.4. The number of carbonyl (C=O) groups excluding carboxylic acids is 2. The molecule has 0 bridgehead atoms. The van der Waals surface area contributed by atoms with Crippen LogP contribution in [-0.2, 0) is 19.1 Å². The van der Waals surface area contributed by atoms with E-state index < -0.39 is 24.0 Å². The van der Waals surface area contributed by atoms with Crippen molar-refractivity contribution in [3.8, 4) is 0 Å². The lowest BCUT2D eigenvalue weighted by Crippen LogP contribution is -2.36. The van der Waals surface area contributed by atoms with Gasteiger partial charge in [-0.25, -0.2) is 4.79 Å². The molecule has 1 aliphatic rings. The summed E-state index contributed by atoms with van der Waals surface area (Å²) in [6, 6.07) is 0. The molecule has 1 N–H and O–H groups in total. The molecule has 0 aromatic carbocycles. The highest BCUT2D eigenvalue weighted by molar-refractivity contribution is 5.96. The number of hydrogen-bond acceptors (Lipinski definition) is 5. The number of esters is 2. The Kier molecular flexibility index (Phi) is 3.85. The van der Waals surface area contributed by atoms with E-state index in [1.165, 1.54) is 14.2 Å². The van der Waals surface area contributed by atoms with Crippen LogP contribution in [0.15, 0.2) is 11.6 Å². The summed E-state index contributed by atoms with van der Waals surface area (Å²) in [5.41, 5.74) is 0.183. The van der Waals surface area contributed by atoms with Crippen LogP contribution in [0.25, 0.3) is 0 Å². The summed E-state index contributed by atoms with van der Waals surface area (Å²) in [6.07, 6.45) is 1.73. The first kappa shape index (κ1) is 11.7. The molecule has 1 aliphatic carbocycles. The number of aliphatic hydroxyl groups is 1. The van der Waals surface area contributed by atoms with Gasteiger partial charge in [-0.3, -0.25) is 4.79 Å². The standard InChI is InChI=1S/C10H14O5/c1-14-9(12)6-4-3-5-7(11)8(6)10(13)15-2/h4,7-8,11H,3,5H2,1-2H3/t7-,8+/m0/s1. The third kappa shape index (κ3) is 2.36. The van der Waals surface area contributed by atoms with Crippen LogP contribution in [0, 0.1) is 5.92 Å². The largest absolute Gasteiger partial charge is 0.468 e. The molecule has 5 nitrogen and oxygen atoms in total. The van der Waals surface area contributed by atoms with Gasteiger partial charge in [0.2, 0.25) is 0 Å². The molecule has 0 saturated carbocycles. The van der Waals surface area contributed by atoms with Crippen LogP contribution in [0.3, 0.4) is 0 Å². The zero-order valence-electron chi connectivity index (χ0n) is 8.73. The molecule has 0 aromatic heterocycles. The van der Waals surface area contributed by atoms with Crippen molar-refractivity contribution in [2.75, 3.05) is 14.2 Å². The average molecular weight is 214 g/mol. The topological polar surface area (TPSA) is 72.8 Å². The number of allylic oxidation sites excluding steroid dienone is 1. The number of aliphatic hydroxyl groups excluding tert-OH is 1. The average Bonchev–Trinajstić information content (AvgIpc) is 2.26. The summed E-state index contributed by atoms with van der Waals surface area (Å²) in [7, 11) is 2.46. The fourth-order valence-corrected chi connectivity index (χ4v) is 1.65. The van der Waals surface area contributed by atoms with Crippen molar-refractivity contribution in [2.45, 2.75) is 18.9 Å². The molecule has 15 heavy (non-hydrogen) atoms. The lowest BCUT2D eigenvalue weighted by atomic mass is 9.85. The quantitative estimate of drug-likeness (QED) is 0.656. The van der Waals surface area contributed by atoms with E-state index in [1.807, 2.05) is 0 Å². The van der Waals surface area contributed by atoms with E-state index in [0.717, 1.165) is 0 Å². The van der Waals surface area contributed by atoms with E-state index in [4.69, 9.17) is 0 Å². The molecule has 5 heteroatoms. The Morgan fingerprint density at radius 1 is 1.40 bits per heavy atom. The minimum absolute atomic E-state index is 0.183. The van der Waals surface area contributed by atoms with E-state index in [0.29, 0.717) is 12.8 Å². The monoisotopic (exact) mass is 214 g/mol. The molecule has 0 spiro atoms. The maximum absolute atomic E-state index is 11.4. The predicted molar refractivity (Wildman–Crippen MR) is 50.8 cm³/mol. The molecule has 0 saturated heterocycles. The van der Waals surface area contributed by atoms with Gasteiger partial charge >= 0.3 is 11.9 Å². The normalized spacial score (nSPS) is 25.4. The summed E-state index contributed by atoms with van der Waals surface area (Å²) in [4.78, 5) is 22.7. The van der Waals surface area contributed by atoms with Gasteiger partial charge in [0.15, 0.2) is 0 Å². The number of carbonyl (C=O) groups is 2. The fourth-order valence-electron chi connectivity index (χ4n) is 1.65. The van der Waals surface area contributed by atoms with Gasteiger partial charge < -0.3 is 14.6 Å². The number of ether oxygens (including phenoxy) is 2. The van der Waals surface area contributed by atoms with Crippen molar-refractivity contribution in [2.24, 2.45) is 5.92 Å². The lowest BCUT2D eigenvalue weighted by molar-refractivity contribution is -0.151. The maximum Gasteiger partial charge on any atom is 0.334 e. The Labute approximate surface area is 87.7 Å². The van der Waals surface area contributed by atoms with Crippen molar-refractivity contribution in [3.05, 3.63) is 11.6 Å². The van der Waals surface area contributed by atoms with Crippen molar-refractivity contribution in [1.29, 1.82) is 0 Å². The van der Waals surface area contributed by atoms with E-state index in [-0.39, 0.29) is 5.57 Å². The lowest BCUT2D eigenvalue weighted by Gasteiger charge is -2.25. The van der Waals surface area contributed by atoms with Gasteiger partial charge in [-0.2, -0.15) is 0 Å². The minimum atomic E-state index is -0.920. The number of hydrogen-bond donors (Lipinski definition) is 1. The summed E-state index contributed by atoms with van der Waals surface area (Å²) >= 11 is 0. The molecule has 0 aromatic rings. The summed E-state index contributed by atoms with van der Waals surface area (Å²) in [6.45, 7) is 0. The Bertz CT molecular complexity index is 294. The molecular formula is C10H14O5. The maximum atomic E-state index is 11.4. The van der Waals surface area contributed by atoms with Crippen molar-refractivity contribution < 1.29 is 24.2 Å². The van der Waals surface area contributed by atoms with Gasteiger partial charge in [0, 0.05) is 0 Å². The predicted octanol–water partition coefficient (Wildman–Crippen LogP) is 0.0297. The number of methoxy groups -OCH3 is 2. The highest BCUT2D eigenvalue weighted by atomic mass is 16.5. The van der Waals surface area contributed by atoms with Gasteiger partial charge in [-0.15, -0.1) is 0 Å². The van der Waals surface area contributed by atoms with Crippen LogP contribution in [0.5, 0.6) is 0 Å². The van der Waals surface area contributed by atoms with E-state index in [1.54, 1.807) is 6.08 Å². The van der Waals surface area contributed by atoms with E-state index >= 15 is 0 Å². The van der Waals surface area contributed by atoms with Crippen LogP contribution in [0.2, 0.25) is 0 Å². The SMILES string of the molecule is COC(=O)C1=CCC[C@H](O)[C@@H]1C(=O)OC. The Morgan fingerprint density at radius 2 is 2.07 bits per heavy atom. The van der Waals surface area contributed by atoms with Crippen molar-refractivity contribution in [1.82, 2.24) is 0 Å². The molecule has 0 unspecified atom stereocenters. The molecule has 0 heterocycles. The highest BCUT2D eigenvalue weighted by Crippen LogP contribution is 2.27. The van der Waals surface area contributed by atoms with Crippen molar-refractivity contribution >= 4 is 11.9 Å². The Balaban J connectivity index is 2.95. The molecular weight excluding hydrogens is 200 g/mol. The summed E-state index contributed by atoms with van der Waals surface area (Å²) in [5.74, 6) is -2.13. The van der Waals surface area contributed by atoms with E-state index in [9.17, 15) is 14.7 Å². The third-order valence-electron chi connectivity index (χ3n) is 2.42. The van der Waals surface area contributed by atoms with Gasteiger partial charge in [-0.1, -0.05) is 6.08 Å². The Hall–Kier alpha value is -1.36. The number of rotatable bonds is 2. The first-order valence-electron chi connectivity index (χ1n) is 4.66. The van der Waals surface area contributed by atoms with Crippen LogP contribution < -0.4 is 0 Å². The first-order valence-corrected chi connectivity index (χ1v) is 4.66. The van der Waals surface area contributed by atoms with Crippen LogP contribution in [0.4, 0.5) is 0 Å². The van der Waals surface area contributed by atoms with Gasteiger partial charge in [-0.05, 0) is 12.8 Å². The molecule has 1 rings (SSSR count). The fraction of sp³-hybridized carbons (Fsp3) is 0.600. The second kappa shape index (κ2) is 4.93. The van der Waals surface area contributed by atoms with E-state index in [2.05, 4.69) is 9.47 Å². The van der Waals surface area contributed by atoms with Gasteiger partial charge in [0.25, 0.3) is 0 Å². The molecule has 84 valence electrons. The summed E-state index contributed by atoms with van der Waals surface area (Å²) < 4.78 is 9.07. The molecule has 0 aliphatic heterocycles. The minimum Gasteiger partial charge on any atom is -0.468 e.